The highest BCUT2D eigenvalue weighted by Crippen LogP contribution is 2.24. The van der Waals surface area contributed by atoms with Gasteiger partial charge in [0, 0.05) is 6.42 Å². The summed E-state index contributed by atoms with van der Waals surface area (Å²) >= 11 is 0. The summed E-state index contributed by atoms with van der Waals surface area (Å²) in [6, 6.07) is 0. The summed E-state index contributed by atoms with van der Waals surface area (Å²) in [6.07, 6.45) is 4.62. The van der Waals surface area contributed by atoms with Crippen molar-refractivity contribution in [2.24, 2.45) is 0 Å². The third kappa shape index (κ3) is 3.09. The number of carbonyl (C=O) groups is 1. The molecule has 3 heteroatoms. The molecule has 0 bridgehead atoms. The summed E-state index contributed by atoms with van der Waals surface area (Å²) in [5.41, 5.74) is 0. The number of allylic oxidation sites excluding steroid dienone is 1. The molecule has 0 unspecified atom stereocenters. The largest absolute Gasteiger partial charge is 0.495 e. The van der Waals surface area contributed by atoms with Gasteiger partial charge in [-0.2, -0.15) is 0 Å². The Morgan fingerprint density at radius 1 is 1.69 bits per heavy atom. The van der Waals surface area contributed by atoms with E-state index in [0.717, 1.165) is 25.0 Å². The molecule has 0 aliphatic carbocycles. The normalized spacial score (nSPS) is 24.5. The van der Waals surface area contributed by atoms with Crippen LogP contribution in [0.15, 0.2) is 11.8 Å². The van der Waals surface area contributed by atoms with Crippen LogP contribution in [0.25, 0.3) is 0 Å². The Bertz CT molecular complexity index is 208. The third-order valence-electron chi connectivity index (χ3n) is 2.05. The van der Waals surface area contributed by atoms with Crippen LogP contribution < -0.4 is 0 Å². The fraction of sp³-hybridized carbons (Fsp3) is 0.700. The Balaban J connectivity index is 2.40. The molecule has 0 radical (unpaired) electrons. The molecule has 0 spiro atoms. The van der Waals surface area contributed by atoms with Gasteiger partial charge in [-0.1, -0.05) is 6.92 Å². The molecule has 13 heavy (non-hydrogen) atoms. The van der Waals surface area contributed by atoms with E-state index in [1.54, 1.807) is 6.92 Å². The maximum Gasteiger partial charge on any atom is 0.334 e. The first kappa shape index (κ1) is 10.1. The van der Waals surface area contributed by atoms with Crippen LogP contribution in [-0.4, -0.2) is 18.7 Å². The molecule has 0 aromatic heterocycles. The van der Waals surface area contributed by atoms with Crippen molar-refractivity contribution in [2.45, 2.75) is 39.2 Å². The SMILES string of the molecule is CCOC(=O)/C=C1/CC[C@H](CC)O1. The van der Waals surface area contributed by atoms with Crippen LogP contribution in [0.5, 0.6) is 0 Å². The van der Waals surface area contributed by atoms with Gasteiger partial charge in [-0.15, -0.1) is 0 Å². The van der Waals surface area contributed by atoms with Crippen LogP contribution >= 0.6 is 0 Å². The van der Waals surface area contributed by atoms with E-state index in [-0.39, 0.29) is 5.97 Å². The molecule has 1 heterocycles. The highest BCUT2D eigenvalue weighted by molar-refractivity contribution is 5.82. The van der Waals surface area contributed by atoms with Gasteiger partial charge in [-0.3, -0.25) is 0 Å². The monoisotopic (exact) mass is 184 g/mol. The molecule has 1 aliphatic rings. The van der Waals surface area contributed by atoms with Crippen molar-refractivity contribution in [1.29, 1.82) is 0 Å². The minimum Gasteiger partial charge on any atom is -0.495 e. The van der Waals surface area contributed by atoms with Gasteiger partial charge in [0.05, 0.1) is 18.8 Å². The lowest BCUT2D eigenvalue weighted by Crippen LogP contribution is -2.03. The number of carbonyl (C=O) groups excluding carboxylic acids is 1. The second kappa shape index (κ2) is 4.90. The quantitative estimate of drug-likeness (QED) is 0.497. The second-order valence-corrected chi connectivity index (χ2v) is 3.05. The fourth-order valence-electron chi connectivity index (χ4n) is 1.34. The molecule has 0 amide bonds. The molecule has 1 aliphatic heterocycles. The molecule has 1 rings (SSSR count). The van der Waals surface area contributed by atoms with Gasteiger partial charge in [0.2, 0.25) is 0 Å². The first-order chi connectivity index (χ1) is 6.26. The van der Waals surface area contributed by atoms with Crippen LogP contribution in [0.3, 0.4) is 0 Å². The van der Waals surface area contributed by atoms with Crippen LogP contribution in [0, 0.1) is 0 Å². The second-order valence-electron chi connectivity index (χ2n) is 3.05. The Morgan fingerprint density at radius 3 is 3.00 bits per heavy atom. The first-order valence-electron chi connectivity index (χ1n) is 4.80. The van der Waals surface area contributed by atoms with Crippen molar-refractivity contribution in [3.05, 3.63) is 11.8 Å². The lowest BCUT2D eigenvalue weighted by molar-refractivity contribution is -0.137. The van der Waals surface area contributed by atoms with E-state index in [9.17, 15) is 4.79 Å². The van der Waals surface area contributed by atoms with E-state index in [0.29, 0.717) is 12.7 Å². The van der Waals surface area contributed by atoms with Crippen molar-refractivity contribution >= 4 is 5.97 Å². The number of esters is 1. The number of ether oxygens (including phenoxy) is 2. The van der Waals surface area contributed by atoms with Crippen molar-refractivity contribution in [2.75, 3.05) is 6.61 Å². The predicted molar refractivity (Wildman–Crippen MR) is 49.1 cm³/mol. The van der Waals surface area contributed by atoms with E-state index < -0.39 is 0 Å². The maximum atomic E-state index is 11.0. The van der Waals surface area contributed by atoms with Crippen molar-refractivity contribution < 1.29 is 14.3 Å². The molecule has 74 valence electrons. The minimum absolute atomic E-state index is 0.292. The summed E-state index contributed by atoms with van der Waals surface area (Å²) in [6.45, 7) is 4.29. The van der Waals surface area contributed by atoms with Gasteiger partial charge < -0.3 is 9.47 Å². The van der Waals surface area contributed by atoms with Gasteiger partial charge in [-0.25, -0.2) is 4.79 Å². The molecule has 0 aromatic carbocycles. The standard InChI is InChI=1S/C10H16O3/c1-3-8-5-6-9(13-8)7-10(11)12-4-2/h7-8H,3-6H2,1-2H3/b9-7-/t8-/m0/s1. The fourth-order valence-corrected chi connectivity index (χ4v) is 1.34. The predicted octanol–water partition coefficient (Wildman–Crippen LogP) is 2.02. The van der Waals surface area contributed by atoms with Crippen LogP contribution in [-0.2, 0) is 14.3 Å². The average Bonchev–Trinajstić information content (AvgIpc) is 2.52. The van der Waals surface area contributed by atoms with Gasteiger partial charge in [0.25, 0.3) is 0 Å². The molecule has 0 N–H and O–H groups in total. The van der Waals surface area contributed by atoms with E-state index in [1.807, 2.05) is 0 Å². The molecule has 1 fully saturated rings. The van der Waals surface area contributed by atoms with Crippen LogP contribution in [0.2, 0.25) is 0 Å². The molecule has 0 saturated carbocycles. The first-order valence-corrected chi connectivity index (χ1v) is 4.80. The maximum absolute atomic E-state index is 11.0. The molecule has 3 nitrogen and oxygen atoms in total. The summed E-state index contributed by atoms with van der Waals surface area (Å²) in [5.74, 6) is 0.472. The van der Waals surface area contributed by atoms with E-state index in [2.05, 4.69) is 6.92 Å². The molecular weight excluding hydrogens is 168 g/mol. The highest BCUT2D eigenvalue weighted by atomic mass is 16.5. The van der Waals surface area contributed by atoms with Gasteiger partial charge >= 0.3 is 5.97 Å². The summed E-state index contributed by atoms with van der Waals surface area (Å²) in [7, 11) is 0. The van der Waals surface area contributed by atoms with Gasteiger partial charge in [0.15, 0.2) is 0 Å². The Morgan fingerprint density at radius 2 is 2.46 bits per heavy atom. The van der Waals surface area contributed by atoms with Crippen molar-refractivity contribution in [1.82, 2.24) is 0 Å². The third-order valence-corrected chi connectivity index (χ3v) is 2.05. The molecule has 1 atom stereocenters. The summed E-state index contributed by atoms with van der Waals surface area (Å²) < 4.78 is 10.3. The van der Waals surface area contributed by atoms with E-state index in [1.165, 1.54) is 6.08 Å². The Kier molecular flexibility index (Phi) is 3.80. The van der Waals surface area contributed by atoms with E-state index in [4.69, 9.17) is 9.47 Å². The van der Waals surface area contributed by atoms with Gasteiger partial charge in [0.1, 0.15) is 5.76 Å². The van der Waals surface area contributed by atoms with Crippen LogP contribution in [0.4, 0.5) is 0 Å². The Hall–Kier alpha value is -0.990. The minimum atomic E-state index is -0.297. The molecule has 1 saturated heterocycles. The molecule has 0 aromatic rings. The smallest absolute Gasteiger partial charge is 0.334 e. The van der Waals surface area contributed by atoms with E-state index >= 15 is 0 Å². The van der Waals surface area contributed by atoms with Crippen molar-refractivity contribution in [3.8, 4) is 0 Å². The lowest BCUT2D eigenvalue weighted by atomic mass is 10.2. The van der Waals surface area contributed by atoms with Crippen LogP contribution in [0.1, 0.15) is 33.1 Å². The lowest BCUT2D eigenvalue weighted by Gasteiger charge is -2.06. The number of rotatable bonds is 3. The Labute approximate surface area is 78.7 Å². The topological polar surface area (TPSA) is 35.5 Å². The van der Waals surface area contributed by atoms with Gasteiger partial charge in [-0.05, 0) is 19.8 Å². The average molecular weight is 184 g/mol. The summed E-state index contributed by atoms with van der Waals surface area (Å²) in [4.78, 5) is 11.0. The zero-order valence-corrected chi connectivity index (χ0v) is 8.21. The zero-order valence-electron chi connectivity index (χ0n) is 8.21. The molecular formula is C10H16O3. The number of hydrogen-bond acceptors (Lipinski definition) is 3. The summed E-state index contributed by atoms with van der Waals surface area (Å²) in [5, 5.41) is 0. The van der Waals surface area contributed by atoms with Crippen molar-refractivity contribution in [3.63, 3.8) is 0 Å². The zero-order chi connectivity index (χ0) is 9.68. The highest BCUT2D eigenvalue weighted by Gasteiger charge is 2.19. The number of hydrogen-bond donors (Lipinski definition) is 0.